The van der Waals surface area contributed by atoms with Crippen molar-refractivity contribution in [3.05, 3.63) is 11.6 Å². The summed E-state index contributed by atoms with van der Waals surface area (Å²) in [6, 6.07) is 0. The van der Waals surface area contributed by atoms with E-state index in [0.717, 1.165) is 38.4 Å². The molecule has 3 atom stereocenters. The predicted octanol–water partition coefficient (Wildman–Crippen LogP) is 3.66. The van der Waals surface area contributed by atoms with E-state index in [1.165, 1.54) is 0 Å². The Bertz CT molecular complexity index is 542. The second-order valence-corrected chi connectivity index (χ2v) is 9.09. The van der Waals surface area contributed by atoms with Crippen LogP contribution in [0.1, 0.15) is 46.0 Å². The number of likely N-dealkylation sites (N-methyl/N-ethyl adjacent to an activating group) is 1. The van der Waals surface area contributed by atoms with Crippen LogP contribution in [-0.2, 0) is 18.3 Å². The van der Waals surface area contributed by atoms with Gasteiger partial charge < -0.3 is 15.1 Å². The third kappa shape index (κ3) is 5.66. The largest absolute Gasteiger partial charge is 0.870 e. The Balaban J connectivity index is 0.00000625. The van der Waals surface area contributed by atoms with Crippen LogP contribution in [0.25, 0.3) is 0 Å². The standard InChI is InChI=1S/C17H32NO5PS.H2O/c1-7-9-11-14(8-2)16(25)17(18(3,4)5,15-12-10-13-22-15)23-24(19,20)21-6;/h8,15H,7,9-13H2,1-6H3;1H2. The van der Waals surface area contributed by atoms with E-state index in [0.29, 0.717) is 17.9 Å². The van der Waals surface area contributed by atoms with Crippen LogP contribution in [0.5, 0.6) is 0 Å². The van der Waals surface area contributed by atoms with Gasteiger partial charge in [-0.15, -0.1) is 0 Å². The molecule has 0 aliphatic carbocycles. The van der Waals surface area contributed by atoms with E-state index in [1.54, 1.807) is 0 Å². The number of phosphoric acid groups is 1. The average Bonchev–Trinajstić information content (AvgIpc) is 3.06. The van der Waals surface area contributed by atoms with Crippen LogP contribution in [-0.4, -0.2) is 66.4 Å². The van der Waals surface area contributed by atoms with Crippen molar-refractivity contribution in [1.29, 1.82) is 0 Å². The first-order valence-corrected chi connectivity index (χ1v) is 10.7. The van der Waals surface area contributed by atoms with Gasteiger partial charge in [-0.3, -0.25) is 9.01 Å². The highest BCUT2D eigenvalue weighted by atomic mass is 32.1. The number of nitrogens with zero attached hydrogens (tertiary/aromatic N) is 1. The summed E-state index contributed by atoms with van der Waals surface area (Å²) in [6.07, 6.45) is 5.95. The molecule has 1 aliphatic rings. The zero-order chi connectivity index (χ0) is 19.3. The van der Waals surface area contributed by atoms with E-state index in [4.69, 9.17) is 26.0 Å². The average molecular weight is 412 g/mol. The SMILES string of the molecule is CC=C(CCCC)C(=S)C(OP(=O)(O)OC)(C1CCCO1)[N+](C)(C)C.[OH-]. The molecule has 0 radical (unpaired) electrons. The van der Waals surface area contributed by atoms with Crippen LogP contribution >= 0.6 is 20.0 Å². The molecule has 1 heterocycles. The summed E-state index contributed by atoms with van der Waals surface area (Å²) in [5.41, 5.74) is -0.321. The molecule has 1 fully saturated rings. The number of ether oxygens (including phenoxy) is 1. The topological polar surface area (TPSA) is 95.0 Å². The van der Waals surface area contributed by atoms with Crippen molar-refractivity contribution in [3.63, 3.8) is 0 Å². The highest BCUT2D eigenvalue weighted by molar-refractivity contribution is 7.81. The van der Waals surface area contributed by atoms with Gasteiger partial charge in [0.25, 0.3) is 5.72 Å². The summed E-state index contributed by atoms with van der Waals surface area (Å²) in [4.78, 5) is 10.7. The van der Waals surface area contributed by atoms with Gasteiger partial charge >= 0.3 is 7.82 Å². The smallest absolute Gasteiger partial charge is 0.477 e. The van der Waals surface area contributed by atoms with Gasteiger partial charge in [0.05, 0.1) is 21.1 Å². The molecule has 7 nitrogen and oxygen atoms in total. The minimum atomic E-state index is -4.28. The first-order valence-electron chi connectivity index (χ1n) is 8.78. The highest BCUT2D eigenvalue weighted by Crippen LogP contribution is 2.52. The third-order valence-corrected chi connectivity index (χ3v) is 6.14. The second kappa shape index (κ2) is 10.4. The van der Waals surface area contributed by atoms with Gasteiger partial charge in [0.1, 0.15) is 11.0 Å². The molecule has 3 unspecified atom stereocenters. The number of hydrogen-bond donors (Lipinski definition) is 1. The van der Waals surface area contributed by atoms with Crippen LogP contribution < -0.4 is 0 Å². The van der Waals surface area contributed by atoms with Crippen molar-refractivity contribution in [3.8, 4) is 0 Å². The molecule has 154 valence electrons. The molecule has 0 amide bonds. The van der Waals surface area contributed by atoms with Crippen molar-refractivity contribution in [2.24, 2.45) is 0 Å². The van der Waals surface area contributed by atoms with Crippen LogP contribution in [0.15, 0.2) is 11.6 Å². The van der Waals surface area contributed by atoms with E-state index in [2.05, 4.69) is 6.92 Å². The summed E-state index contributed by atoms with van der Waals surface area (Å²) < 4.78 is 29.1. The molecule has 1 saturated heterocycles. The molecule has 1 aliphatic heterocycles. The Morgan fingerprint density at radius 2 is 2.08 bits per heavy atom. The van der Waals surface area contributed by atoms with Crippen LogP contribution in [0.3, 0.4) is 0 Å². The molecule has 0 spiro atoms. The lowest BCUT2D eigenvalue weighted by atomic mass is 9.90. The molecule has 0 aromatic rings. The minimum absolute atomic E-state index is 0. The van der Waals surface area contributed by atoms with Crippen LogP contribution in [0.2, 0.25) is 0 Å². The number of phosphoric ester groups is 1. The quantitative estimate of drug-likeness (QED) is 0.193. The highest BCUT2D eigenvalue weighted by Gasteiger charge is 2.60. The van der Waals surface area contributed by atoms with Gasteiger partial charge in [-0.2, -0.15) is 0 Å². The summed E-state index contributed by atoms with van der Waals surface area (Å²) in [7, 11) is 2.57. The van der Waals surface area contributed by atoms with Gasteiger partial charge in [0.2, 0.25) is 0 Å². The van der Waals surface area contributed by atoms with Crippen molar-refractivity contribution < 1.29 is 33.2 Å². The Morgan fingerprint density at radius 3 is 2.46 bits per heavy atom. The first-order chi connectivity index (χ1) is 11.6. The summed E-state index contributed by atoms with van der Waals surface area (Å²) >= 11 is 5.85. The number of unbranched alkanes of at least 4 members (excludes halogenated alkanes) is 1. The molecular formula is C17H34NO6PS. The van der Waals surface area contributed by atoms with E-state index in [1.807, 2.05) is 34.1 Å². The maximum Gasteiger partial charge on any atom is 0.477 e. The molecule has 1 rings (SSSR count). The lowest BCUT2D eigenvalue weighted by molar-refractivity contribution is -0.936. The molecule has 0 aromatic carbocycles. The fraction of sp³-hybridized carbons (Fsp3) is 0.824. The molecule has 9 heteroatoms. The molecule has 26 heavy (non-hydrogen) atoms. The molecular weight excluding hydrogens is 377 g/mol. The van der Waals surface area contributed by atoms with Crippen molar-refractivity contribution in [2.45, 2.75) is 57.8 Å². The lowest BCUT2D eigenvalue weighted by Crippen LogP contribution is -2.69. The Kier molecular flexibility index (Phi) is 10.3. The molecule has 0 aromatic heterocycles. The van der Waals surface area contributed by atoms with Crippen LogP contribution in [0, 0.1) is 0 Å². The monoisotopic (exact) mass is 411 g/mol. The zero-order valence-electron chi connectivity index (χ0n) is 16.7. The van der Waals surface area contributed by atoms with E-state index >= 15 is 0 Å². The van der Waals surface area contributed by atoms with E-state index in [-0.39, 0.29) is 9.96 Å². The molecule has 0 bridgehead atoms. The van der Waals surface area contributed by atoms with Gasteiger partial charge in [-0.1, -0.05) is 31.6 Å². The van der Waals surface area contributed by atoms with Gasteiger partial charge in [-0.05, 0) is 38.2 Å². The number of hydrogen-bond acceptors (Lipinski definition) is 6. The number of allylic oxidation sites excluding steroid dienone is 1. The molecule has 2 N–H and O–H groups in total. The third-order valence-electron chi connectivity index (χ3n) is 4.61. The maximum absolute atomic E-state index is 12.4. The molecule has 0 saturated carbocycles. The fourth-order valence-corrected chi connectivity index (χ4v) is 4.80. The Labute approximate surface area is 162 Å². The number of thiocarbonyl (C=S) groups is 1. The minimum Gasteiger partial charge on any atom is -0.870 e. The predicted molar refractivity (Wildman–Crippen MR) is 105 cm³/mol. The van der Waals surface area contributed by atoms with E-state index in [9.17, 15) is 9.46 Å². The second-order valence-electron chi connectivity index (χ2n) is 7.20. The van der Waals surface area contributed by atoms with Crippen LogP contribution in [0.4, 0.5) is 0 Å². The van der Waals surface area contributed by atoms with E-state index < -0.39 is 19.7 Å². The zero-order valence-corrected chi connectivity index (χ0v) is 18.4. The van der Waals surface area contributed by atoms with Gasteiger partial charge in [0, 0.05) is 13.7 Å². The number of quaternary nitrogens is 1. The summed E-state index contributed by atoms with van der Waals surface area (Å²) in [6.45, 7) is 4.64. The maximum atomic E-state index is 12.4. The van der Waals surface area contributed by atoms with Gasteiger partial charge in [0.15, 0.2) is 0 Å². The fourth-order valence-electron chi connectivity index (χ4n) is 3.19. The number of rotatable bonds is 10. The summed E-state index contributed by atoms with van der Waals surface area (Å²) in [5.74, 6) is 0. The van der Waals surface area contributed by atoms with Gasteiger partial charge in [-0.25, -0.2) is 9.09 Å². The summed E-state index contributed by atoms with van der Waals surface area (Å²) in [5, 5.41) is 0. The normalized spacial score (nSPS) is 23.0. The first kappa shape index (κ1) is 25.8. The Morgan fingerprint density at radius 1 is 1.46 bits per heavy atom. The Hall–Kier alpha value is -0.180. The van der Waals surface area contributed by atoms with Crippen molar-refractivity contribution in [1.82, 2.24) is 0 Å². The van der Waals surface area contributed by atoms with Crippen molar-refractivity contribution >= 4 is 24.9 Å². The lowest BCUT2D eigenvalue weighted by Gasteiger charge is -2.48. The van der Waals surface area contributed by atoms with Crippen molar-refractivity contribution in [2.75, 3.05) is 34.9 Å².